The number of rotatable bonds is 5. The van der Waals surface area contributed by atoms with Gasteiger partial charge in [-0.1, -0.05) is 0 Å². The number of anilines is 1. The van der Waals surface area contributed by atoms with E-state index in [0.717, 1.165) is 0 Å². The largest absolute Gasteiger partial charge is 0.523 e. The van der Waals surface area contributed by atoms with E-state index in [0.29, 0.717) is 0 Å². The number of amides is 2. The fourth-order valence-corrected chi connectivity index (χ4v) is 2.60. The van der Waals surface area contributed by atoms with Crippen molar-refractivity contribution in [2.75, 3.05) is 11.5 Å². The van der Waals surface area contributed by atoms with Gasteiger partial charge in [0.25, 0.3) is 5.92 Å². The van der Waals surface area contributed by atoms with Gasteiger partial charge in [-0.15, -0.1) is 0 Å². The van der Waals surface area contributed by atoms with Crippen LogP contribution in [0.25, 0.3) is 0 Å². The molecule has 0 aromatic heterocycles. The molecule has 2 amide bonds. The van der Waals surface area contributed by atoms with Gasteiger partial charge in [-0.05, 0) is 53.7 Å². The number of imide groups is 1. The van der Waals surface area contributed by atoms with Crippen molar-refractivity contribution in [2.45, 2.75) is 64.2 Å². The zero-order valence-electron chi connectivity index (χ0n) is 19.2. The molecule has 0 fully saturated rings. The smallest absolute Gasteiger partial charge is 0.443 e. The third kappa shape index (κ3) is 8.23. The number of alkyl halides is 5. The number of carbonyl (C=O) groups is 2. The van der Waals surface area contributed by atoms with Crippen LogP contribution < -0.4 is 4.90 Å². The monoisotopic (exact) mass is 541 g/mol. The summed E-state index contributed by atoms with van der Waals surface area (Å²) in [5.74, 6) is -8.55. The minimum absolute atomic E-state index is 0.121. The highest BCUT2D eigenvalue weighted by atomic mass is 32.2. The van der Waals surface area contributed by atoms with Gasteiger partial charge in [0.05, 0.1) is 0 Å². The predicted octanol–water partition coefficient (Wildman–Crippen LogP) is 5.60. The third-order valence-corrected chi connectivity index (χ3v) is 4.49. The van der Waals surface area contributed by atoms with Gasteiger partial charge in [-0.3, -0.25) is 4.18 Å². The average molecular weight is 541 g/mol. The van der Waals surface area contributed by atoms with Crippen molar-refractivity contribution in [3.63, 3.8) is 0 Å². The Balaban J connectivity index is 3.49. The van der Waals surface area contributed by atoms with Crippen LogP contribution in [-0.2, 0) is 29.7 Å². The normalized spacial score (nSPS) is 13.4. The van der Waals surface area contributed by atoms with Crippen LogP contribution >= 0.6 is 0 Å². The van der Waals surface area contributed by atoms with Crippen molar-refractivity contribution >= 4 is 28.0 Å². The predicted molar refractivity (Wildman–Crippen MR) is 106 cm³/mol. The fraction of sp³-hybridized carbons (Fsp3) is 0.579. The van der Waals surface area contributed by atoms with Gasteiger partial charge in [-0.25, -0.2) is 18.4 Å². The zero-order chi connectivity index (χ0) is 27.8. The first-order chi connectivity index (χ1) is 15.4. The second kappa shape index (κ2) is 9.79. The zero-order valence-corrected chi connectivity index (χ0v) is 20.0. The molecule has 35 heavy (non-hydrogen) atoms. The Morgan fingerprint density at radius 2 is 1.20 bits per heavy atom. The molecule has 16 heteroatoms. The number of nitrogens with zero attached hydrogens (tertiary/aromatic N) is 1. The Labute approximate surface area is 196 Å². The van der Waals surface area contributed by atoms with Crippen LogP contribution in [-0.4, -0.2) is 43.9 Å². The fourth-order valence-electron chi connectivity index (χ4n) is 2.16. The van der Waals surface area contributed by atoms with Gasteiger partial charge in [0, 0.05) is 5.56 Å². The van der Waals surface area contributed by atoms with Crippen molar-refractivity contribution in [1.82, 2.24) is 0 Å². The first kappa shape index (κ1) is 30.4. The minimum atomic E-state index is -6.44. The number of ether oxygens (including phenoxy) is 2. The molecule has 0 saturated carbocycles. The molecular weight excluding hydrogens is 519 g/mol. The SMILES string of the molecule is CC(C)(C)OC(=O)N(C(=O)OC(C)(C)C)c1c(F)cc(C(F)(F)COS(=O)(=O)C(F)(F)F)cc1F. The highest BCUT2D eigenvalue weighted by molar-refractivity contribution is 7.87. The van der Waals surface area contributed by atoms with E-state index in [9.17, 15) is 48.7 Å². The molecule has 0 unspecified atom stereocenters. The van der Waals surface area contributed by atoms with Crippen LogP contribution in [0.3, 0.4) is 0 Å². The Hall–Kier alpha value is -2.62. The van der Waals surface area contributed by atoms with Crippen LogP contribution in [0.1, 0.15) is 47.1 Å². The molecule has 1 aromatic carbocycles. The first-order valence-electron chi connectivity index (χ1n) is 9.47. The summed E-state index contributed by atoms with van der Waals surface area (Å²) in [6, 6.07) is -0.243. The van der Waals surface area contributed by atoms with Gasteiger partial charge < -0.3 is 9.47 Å². The molecule has 1 aromatic rings. The number of benzene rings is 1. The standard InChI is InChI=1S/C19H22F7NO7S/c1-16(2,3)33-14(28)27(15(29)34-17(4,5)6)13-11(20)7-10(8-12(13)21)18(22,23)9-32-35(30,31)19(24,25)26/h7-8H,9H2,1-6H3. The first-order valence-corrected chi connectivity index (χ1v) is 10.9. The van der Waals surface area contributed by atoms with Gasteiger partial charge >= 0.3 is 27.8 Å². The van der Waals surface area contributed by atoms with E-state index in [1.54, 1.807) is 0 Å². The topological polar surface area (TPSA) is 99.2 Å². The number of carbonyl (C=O) groups excluding carboxylic acids is 2. The maximum absolute atomic E-state index is 14.8. The molecule has 0 N–H and O–H groups in total. The second-order valence-electron chi connectivity index (χ2n) is 8.95. The molecule has 0 heterocycles. The third-order valence-electron chi connectivity index (χ3n) is 3.49. The van der Waals surface area contributed by atoms with Gasteiger partial charge in [0.2, 0.25) is 0 Å². The van der Waals surface area contributed by atoms with Crippen LogP contribution in [0, 0.1) is 11.6 Å². The van der Waals surface area contributed by atoms with E-state index in [1.807, 2.05) is 0 Å². The molecule has 0 aliphatic heterocycles. The average Bonchev–Trinajstić information content (AvgIpc) is 2.58. The lowest BCUT2D eigenvalue weighted by Crippen LogP contribution is -2.44. The Morgan fingerprint density at radius 1 is 0.829 bits per heavy atom. The maximum atomic E-state index is 14.8. The molecule has 0 spiro atoms. The molecule has 0 radical (unpaired) electrons. The molecule has 0 aliphatic carbocycles. The Morgan fingerprint density at radius 3 is 1.51 bits per heavy atom. The minimum Gasteiger partial charge on any atom is -0.443 e. The van der Waals surface area contributed by atoms with E-state index < -0.39 is 74.4 Å². The van der Waals surface area contributed by atoms with Crippen LogP contribution in [0.4, 0.5) is 46.0 Å². The van der Waals surface area contributed by atoms with Gasteiger partial charge in [0.15, 0.2) is 11.6 Å². The number of hydrogen-bond acceptors (Lipinski definition) is 7. The number of hydrogen-bond donors (Lipinski definition) is 0. The summed E-state index contributed by atoms with van der Waals surface area (Å²) in [5.41, 5.74) is -11.7. The lowest BCUT2D eigenvalue weighted by atomic mass is 10.1. The van der Waals surface area contributed by atoms with Crippen molar-refractivity contribution in [3.05, 3.63) is 29.3 Å². The lowest BCUT2D eigenvalue weighted by Gasteiger charge is -2.29. The van der Waals surface area contributed by atoms with E-state index >= 15 is 0 Å². The summed E-state index contributed by atoms with van der Waals surface area (Å²) in [6.45, 7) is 5.65. The van der Waals surface area contributed by atoms with Crippen LogP contribution in [0.15, 0.2) is 12.1 Å². The van der Waals surface area contributed by atoms with Crippen molar-refractivity contribution in [3.8, 4) is 0 Å². The Kier molecular flexibility index (Phi) is 8.51. The van der Waals surface area contributed by atoms with Crippen molar-refractivity contribution in [1.29, 1.82) is 0 Å². The molecule has 0 aliphatic rings. The highest BCUT2D eigenvalue weighted by Crippen LogP contribution is 2.36. The molecule has 0 atom stereocenters. The van der Waals surface area contributed by atoms with Gasteiger partial charge in [-0.2, -0.15) is 35.3 Å². The number of halogens is 7. The Bertz CT molecular complexity index is 1020. The summed E-state index contributed by atoms with van der Waals surface area (Å²) in [7, 11) is -6.44. The van der Waals surface area contributed by atoms with Crippen LogP contribution in [0.2, 0.25) is 0 Å². The molecule has 1 rings (SSSR count). The van der Waals surface area contributed by atoms with Crippen molar-refractivity contribution in [2.24, 2.45) is 0 Å². The van der Waals surface area contributed by atoms with Gasteiger partial charge in [0.1, 0.15) is 23.5 Å². The molecule has 0 saturated heterocycles. The second-order valence-corrected chi connectivity index (χ2v) is 10.6. The molecule has 0 bridgehead atoms. The summed E-state index contributed by atoms with van der Waals surface area (Å²) in [5, 5.41) is 0. The quantitative estimate of drug-likeness (QED) is 0.272. The van der Waals surface area contributed by atoms with E-state index in [-0.39, 0.29) is 17.0 Å². The summed E-state index contributed by atoms with van der Waals surface area (Å²) in [4.78, 5) is 24.8. The molecular formula is C19H22F7NO7S. The lowest BCUT2D eigenvalue weighted by molar-refractivity contribution is -0.0748. The van der Waals surface area contributed by atoms with E-state index in [4.69, 9.17) is 9.47 Å². The summed E-state index contributed by atoms with van der Waals surface area (Å²) >= 11 is 0. The molecule has 8 nitrogen and oxygen atoms in total. The van der Waals surface area contributed by atoms with E-state index in [1.165, 1.54) is 41.5 Å². The highest BCUT2D eigenvalue weighted by Gasteiger charge is 2.49. The van der Waals surface area contributed by atoms with Crippen molar-refractivity contribution < 1.29 is 62.4 Å². The maximum Gasteiger partial charge on any atom is 0.523 e. The van der Waals surface area contributed by atoms with E-state index in [2.05, 4.69) is 4.18 Å². The van der Waals surface area contributed by atoms with Crippen LogP contribution in [0.5, 0.6) is 0 Å². The summed E-state index contributed by atoms with van der Waals surface area (Å²) in [6.07, 6.45) is -3.27. The molecule has 200 valence electrons. The summed E-state index contributed by atoms with van der Waals surface area (Å²) < 4.78 is 130.